The third-order valence-electron chi connectivity index (χ3n) is 4.56. The summed E-state index contributed by atoms with van der Waals surface area (Å²) in [7, 11) is 3.40. The Morgan fingerprint density at radius 1 is 1.18 bits per heavy atom. The van der Waals surface area contributed by atoms with Gasteiger partial charge in [-0.15, -0.1) is 24.0 Å². The van der Waals surface area contributed by atoms with Crippen LogP contribution >= 0.6 is 24.0 Å². The van der Waals surface area contributed by atoms with E-state index in [1.165, 1.54) is 22.4 Å². The molecule has 3 rings (SSSR count). The first-order valence-corrected chi connectivity index (χ1v) is 9.12. The van der Waals surface area contributed by atoms with Crippen LogP contribution in [0.3, 0.4) is 0 Å². The molecular formula is C21H27IN4O2. The number of amides is 1. The maximum Gasteiger partial charge on any atom is 0.259 e. The fourth-order valence-corrected chi connectivity index (χ4v) is 3.02. The molecule has 0 spiro atoms. The van der Waals surface area contributed by atoms with Crippen molar-refractivity contribution in [2.75, 3.05) is 26.0 Å². The molecule has 0 aromatic heterocycles. The number of carbonyl (C=O) groups is 1. The quantitative estimate of drug-likeness (QED) is 0.368. The number of halogens is 1. The zero-order valence-corrected chi connectivity index (χ0v) is 18.6. The molecule has 150 valence electrons. The van der Waals surface area contributed by atoms with Crippen LogP contribution in [0.2, 0.25) is 0 Å². The Morgan fingerprint density at radius 3 is 2.75 bits per heavy atom. The topological polar surface area (TPSA) is 80.0 Å². The Balaban J connectivity index is 0.00000280. The van der Waals surface area contributed by atoms with Crippen molar-refractivity contribution in [1.29, 1.82) is 0 Å². The van der Waals surface area contributed by atoms with Crippen molar-refractivity contribution in [3.63, 3.8) is 0 Å². The smallest absolute Gasteiger partial charge is 0.259 e. The second-order valence-corrected chi connectivity index (χ2v) is 6.89. The molecule has 1 aliphatic rings. The molecule has 0 aliphatic heterocycles. The number of nitrogens with one attached hydrogen (secondary N) is 1. The number of benzene rings is 2. The van der Waals surface area contributed by atoms with Crippen LogP contribution in [-0.4, -0.2) is 37.5 Å². The second kappa shape index (κ2) is 10.3. The number of ether oxygens (including phenoxy) is 1. The zero-order chi connectivity index (χ0) is 19.2. The molecule has 7 heteroatoms. The Hall–Kier alpha value is -2.29. The average Bonchev–Trinajstić information content (AvgIpc) is 3.12. The predicted molar refractivity (Wildman–Crippen MR) is 123 cm³/mol. The number of nitrogens with two attached hydrogens (primary N) is 1. The molecule has 1 aliphatic carbocycles. The van der Waals surface area contributed by atoms with E-state index in [1.807, 2.05) is 30.3 Å². The maximum absolute atomic E-state index is 11.6. The van der Waals surface area contributed by atoms with E-state index in [2.05, 4.69) is 22.4 Å². The number of rotatable bonds is 6. The zero-order valence-electron chi connectivity index (χ0n) is 16.3. The standard InChI is InChI=1S/C21H26N4O2.HI/c1-25(2)20(26)14-27-19-8-3-5-15(11-19)13-23-21(22)24-18-10-9-16-6-4-7-17(16)12-18;/h3,5,8-12H,4,6-7,13-14H2,1-2H3,(H3,22,23,24);1H. The van der Waals surface area contributed by atoms with Crippen molar-refractivity contribution in [1.82, 2.24) is 4.90 Å². The molecule has 6 nitrogen and oxygen atoms in total. The summed E-state index contributed by atoms with van der Waals surface area (Å²) >= 11 is 0. The van der Waals surface area contributed by atoms with E-state index < -0.39 is 0 Å². The van der Waals surface area contributed by atoms with Crippen molar-refractivity contribution < 1.29 is 9.53 Å². The lowest BCUT2D eigenvalue weighted by molar-refractivity contribution is -0.130. The molecule has 2 aromatic carbocycles. The van der Waals surface area contributed by atoms with E-state index in [4.69, 9.17) is 10.5 Å². The van der Waals surface area contributed by atoms with Gasteiger partial charge in [0, 0.05) is 19.8 Å². The number of nitrogens with zero attached hydrogens (tertiary/aromatic N) is 2. The minimum Gasteiger partial charge on any atom is -0.484 e. The number of aliphatic imine (C=N–C) groups is 1. The maximum atomic E-state index is 11.6. The first-order valence-electron chi connectivity index (χ1n) is 9.12. The van der Waals surface area contributed by atoms with Crippen molar-refractivity contribution in [2.24, 2.45) is 10.7 Å². The van der Waals surface area contributed by atoms with Gasteiger partial charge in [-0.3, -0.25) is 4.79 Å². The SMILES string of the molecule is CN(C)C(=O)COc1cccc(CN=C(N)Nc2ccc3c(c2)CCC3)c1.I. The van der Waals surface area contributed by atoms with Gasteiger partial charge in [0.25, 0.3) is 5.91 Å². The first kappa shape index (κ1) is 22.0. The van der Waals surface area contributed by atoms with E-state index in [9.17, 15) is 4.79 Å². The summed E-state index contributed by atoms with van der Waals surface area (Å²) in [5.74, 6) is 0.936. The number of carbonyl (C=O) groups excluding carboxylic acids is 1. The van der Waals surface area contributed by atoms with Gasteiger partial charge in [-0.2, -0.15) is 0 Å². The van der Waals surface area contributed by atoms with Gasteiger partial charge in [0.1, 0.15) is 5.75 Å². The van der Waals surface area contributed by atoms with E-state index in [-0.39, 0.29) is 36.5 Å². The summed E-state index contributed by atoms with van der Waals surface area (Å²) in [6.45, 7) is 0.449. The highest BCUT2D eigenvalue weighted by atomic mass is 127. The van der Waals surface area contributed by atoms with Gasteiger partial charge in [-0.05, 0) is 60.2 Å². The molecule has 0 saturated heterocycles. The lowest BCUT2D eigenvalue weighted by Gasteiger charge is -2.12. The summed E-state index contributed by atoms with van der Waals surface area (Å²) in [5, 5.41) is 3.16. The van der Waals surface area contributed by atoms with Gasteiger partial charge in [0.05, 0.1) is 6.54 Å². The number of aryl methyl sites for hydroxylation is 2. The molecule has 0 atom stereocenters. The summed E-state index contributed by atoms with van der Waals surface area (Å²) in [4.78, 5) is 17.5. The van der Waals surface area contributed by atoms with Gasteiger partial charge in [0.15, 0.2) is 12.6 Å². The highest BCUT2D eigenvalue weighted by Gasteiger charge is 2.11. The Morgan fingerprint density at radius 2 is 1.96 bits per heavy atom. The Bertz CT molecular complexity index is 852. The van der Waals surface area contributed by atoms with Crippen LogP contribution in [-0.2, 0) is 24.2 Å². The molecule has 2 aromatic rings. The van der Waals surface area contributed by atoms with Crippen LogP contribution in [0.5, 0.6) is 5.75 Å². The van der Waals surface area contributed by atoms with Gasteiger partial charge in [-0.25, -0.2) is 4.99 Å². The second-order valence-electron chi connectivity index (χ2n) is 6.89. The third-order valence-corrected chi connectivity index (χ3v) is 4.56. The monoisotopic (exact) mass is 494 g/mol. The Kier molecular flexibility index (Phi) is 8.10. The molecule has 3 N–H and O–H groups in total. The van der Waals surface area contributed by atoms with Crippen LogP contribution in [0, 0.1) is 0 Å². The van der Waals surface area contributed by atoms with Crippen molar-refractivity contribution in [3.8, 4) is 5.75 Å². The van der Waals surface area contributed by atoms with Crippen molar-refractivity contribution in [2.45, 2.75) is 25.8 Å². The summed E-state index contributed by atoms with van der Waals surface area (Å²) < 4.78 is 5.53. The number of guanidine groups is 1. The molecule has 1 amide bonds. The van der Waals surface area contributed by atoms with Gasteiger partial charge < -0.3 is 20.7 Å². The van der Waals surface area contributed by atoms with Crippen LogP contribution in [0.4, 0.5) is 5.69 Å². The van der Waals surface area contributed by atoms with Gasteiger partial charge in [-0.1, -0.05) is 18.2 Å². The molecule has 0 heterocycles. The Labute approximate surface area is 183 Å². The molecule has 0 bridgehead atoms. The van der Waals surface area contributed by atoms with E-state index in [1.54, 1.807) is 14.1 Å². The summed E-state index contributed by atoms with van der Waals surface area (Å²) in [6.07, 6.45) is 3.52. The first-order chi connectivity index (χ1) is 13.0. The third kappa shape index (κ3) is 6.12. The van der Waals surface area contributed by atoms with Gasteiger partial charge >= 0.3 is 0 Å². The van der Waals surface area contributed by atoms with Crippen LogP contribution in [0.1, 0.15) is 23.1 Å². The fraction of sp³-hybridized carbons (Fsp3) is 0.333. The molecule has 0 saturated carbocycles. The average molecular weight is 494 g/mol. The fourth-order valence-electron chi connectivity index (χ4n) is 3.02. The predicted octanol–water partition coefficient (Wildman–Crippen LogP) is 3.19. The lowest BCUT2D eigenvalue weighted by atomic mass is 10.1. The number of anilines is 1. The number of hydrogen-bond donors (Lipinski definition) is 2. The summed E-state index contributed by atoms with van der Waals surface area (Å²) in [6, 6.07) is 13.9. The largest absolute Gasteiger partial charge is 0.484 e. The van der Waals surface area contributed by atoms with Gasteiger partial charge in [0.2, 0.25) is 0 Å². The number of fused-ring (bicyclic) bond motifs is 1. The molecule has 28 heavy (non-hydrogen) atoms. The number of hydrogen-bond acceptors (Lipinski definition) is 3. The molecule has 0 radical (unpaired) electrons. The summed E-state index contributed by atoms with van der Waals surface area (Å²) in [5.41, 5.74) is 10.8. The van der Waals surface area contributed by atoms with E-state index in [0.29, 0.717) is 18.3 Å². The van der Waals surface area contributed by atoms with Crippen LogP contribution < -0.4 is 15.8 Å². The van der Waals surface area contributed by atoms with Crippen LogP contribution in [0.15, 0.2) is 47.5 Å². The lowest BCUT2D eigenvalue weighted by Crippen LogP contribution is -2.27. The minimum absolute atomic E-state index is 0. The highest BCUT2D eigenvalue weighted by Crippen LogP contribution is 2.24. The normalized spacial score (nSPS) is 12.7. The van der Waals surface area contributed by atoms with Crippen molar-refractivity contribution >= 4 is 41.5 Å². The molecular weight excluding hydrogens is 467 g/mol. The molecule has 0 unspecified atom stereocenters. The van der Waals surface area contributed by atoms with Crippen LogP contribution in [0.25, 0.3) is 0 Å². The van der Waals surface area contributed by atoms with E-state index >= 15 is 0 Å². The minimum atomic E-state index is -0.0822. The van der Waals surface area contributed by atoms with E-state index in [0.717, 1.165) is 24.1 Å². The highest BCUT2D eigenvalue weighted by molar-refractivity contribution is 14.0. The van der Waals surface area contributed by atoms with Crippen molar-refractivity contribution in [3.05, 3.63) is 59.2 Å². The number of likely N-dealkylation sites (N-methyl/N-ethyl adjacent to an activating group) is 1. The molecule has 0 fully saturated rings.